The Kier molecular flexibility index (Phi) is 3.05. The normalized spacial score (nSPS) is 11.3. The van der Waals surface area contributed by atoms with Crippen LogP contribution in [0.4, 0.5) is 0 Å². The Labute approximate surface area is 111 Å². The van der Waals surface area contributed by atoms with E-state index in [0.717, 1.165) is 35.2 Å². The predicted molar refractivity (Wildman–Crippen MR) is 73.8 cm³/mol. The lowest BCUT2D eigenvalue weighted by atomic mass is 10.0. The molecule has 0 unspecified atom stereocenters. The molecule has 1 aromatic carbocycles. The highest BCUT2D eigenvalue weighted by molar-refractivity contribution is 5.80. The van der Waals surface area contributed by atoms with Crippen molar-refractivity contribution in [1.29, 1.82) is 0 Å². The molecule has 3 rings (SSSR count). The summed E-state index contributed by atoms with van der Waals surface area (Å²) in [5.41, 5.74) is 5.16. The van der Waals surface area contributed by atoms with E-state index in [1.165, 1.54) is 12.1 Å². The van der Waals surface area contributed by atoms with Crippen LogP contribution < -0.4 is 5.32 Å². The lowest BCUT2D eigenvalue weighted by molar-refractivity contribution is 0.602. The lowest BCUT2D eigenvalue weighted by Crippen LogP contribution is -2.13. The molecule has 0 atom stereocenters. The van der Waals surface area contributed by atoms with Crippen molar-refractivity contribution in [2.45, 2.75) is 6.42 Å². The number of nitrogens with zero attached hydrogens (tertiary/aromatic N) is 3. The van der Waals surface area contributed by atoms with Gasteiger partial charge in [0, 0.05) is 31.3 Å². The molecule has 0 spiro atoms. The molecule has 0 fully saturated rings. The third kappa shape index (κ3) is 2.13. The van der Waals surface area contributed by atoms with E-state index in [1.54, 1.807) is 0 Å². The first kappa shape index (κ1) is 11.9. The highest BCUT2D eigenvalue weighted by atomic mass is 16.3. The summed E-state index contributed by atoms with van der Waals surface area (Å²) in [5, 5.41) is 7.52. The Morgan fingerprint density at radius 1 is 1.37 bits per heavy atom. The van der Waals surface area contributed by atoms with Crippen LogP contribution in [0.2, 0.25) is 0 Å². The molecule has 0 aliphatic heterocycles. The first-order valence-corrected chi connectivity index (χ1v) is 6.28. The van der Waals surface area contributed by atoms with Gasteiger partial charge in [-0.1, -0.05) is 6.07 Å². The molecule has 0 saturated heterocycles. The maximum Gasteiger partial charge on any atom is 0.181 e. The van der Waals surface area contributed by atoms with Gasteiger partial charge in [0.25, 0.3) is 0 Å². The molecule has 19 heavy (non-hydrogen) atoms. The summed E-state index contributed by atoms with van der Waals surface area (Å²) in [6, 6.07) is 6.05. The van der Waals surface area contributed by atoms with Crippen molar-refractivity contribution in [3.8, 4) is 11.1 Å². The maximum absolute atomic E-state index is 5.36. The summed E-state index contributed by atoms with van der Waals surface area (Å²) >= 11 is 0. The summed E-state index contributed by atoms with van der Waals surface area (Å²) in [4.78, 5) is 4.13. The number of oxazole rings is 1. The second-order valence-corrected chi connectivity index (χ2v) is 4.52. The molecule has 0 bridgehead atoms. The van der Waals surface area contributed by atoms with Crippen molar-refractivity contribution in [3.63, 3.8) is 0 Å². The van der Waals surface area contributed by atoms with Gasteiger partial charge in [-0.2, -0.15) is 5.10 Å². The third-order valence-electron chi connectivity index (χ3n) is 3.32. The standard InChI is InChI=1S/C14H16N4O/c1-15-6-5-13-11(8-17-18(13)2)10-3-4-12-14(7-10)19-9-16-12/h3-4,7-9,15H,5-6H2,1-2H3. The van der Waals surface area contributed by atoms with E-state index in [0.29, 0.717) is 0 Å². The second kappa shape index (κ2) is 4.85. The van der Waals surface area contributed by atoms with Gasteiger partial charge < -0.3 is 9.73 Å². The van der Waals surface area contributed by atoms with Gasteiger partial charge >= 0.3 is 0 Å². The number of likely N-dealkylation sites (N-methyl/N-ethyl adjacent to an activating group) is 1. The van der Waals surface area contributed by atoms with Crippen LogP contribution in [0.15, 0.2) is 35.2 Å². The monoisotopic (exact) mass is 256 g/mol. The van der Waals surface area contributed by atoms with E-state index in [1.807, 2.05) is 37.1 Å². The Balaban J connectivity index is 2.05. The first-order chi connectivity index (χ1) is 9.29. The van der Waals surface area contributed by atoms with Crippen LogP contribution in [0.5, 0.6) is 0 Å². The average molecular weight is 256 g/mol. The van der Waals surface area contributed by atoms with Gasteiger partial charge in [0.1, 0.15) is 5.52 Å². The highest BCUT2D eigenvalue weighted by Gasteiger charge is 2.11. The van der Waals surface area contributed by atoms with Crippen LogP contribution in [-0.2, 0) is 13.5 Å². The van der Waals surface area contributed by atoms with E-state index in [4.69, 9.17) is 4.42 Å². The number of aryl methyl sites for hydroxylation is 1. The zero-order valence-corrected chi connectivity index (χ0v) is 11.1. The van der Waals surface area contributed by atoms with Crippen molar-refractivity contribution in [2.24, 2.45) is 7.05 Å². The zero-order valence-electron chi connectivity index (χ0n) is 11.1. The molecule has 98 valence electrons. The summed E-state index contributed by atoms with van der Waals surface area (Å²) in [5.74, 6) is 0. The van der Waals surface area contributed by atoms with E-state index in [2.05, 4.69) is 21.5 Å². The summed E-state index contributed by atoms with van der Waals surface area (Å²) < 4.78 is 7.29. The van der Waals surface area contributed by atoms with Crippen LogP contribution in [0.1, 0.15) is 5.69 Å². The van der Waals surface area contributed by atoms with E-state index < -0.39 is 0 Å². The molecular formula is C14H16N4O. The first-order valence-electron chi connectivity index (χ1n) is 6.28. The van der Waals surface area contributed by atoms with Crippen LogP contribution in [0.3, 0.4) is 0 Å². The van der Waals surface area contributed by atoms with Crippen LogP contribution >= 0.6 is 0 Å². The Morgan fingerprint density at radius 2 is 2.26 bits per heavy atom. The average Bonchev–Trinajstić information content (AvgIpc) is 3.02. The SMILES string of the molecule is CNCCc1c(-c2ccc3ncoc3c2)cnn1C. The molecule has 0 aliphatic rings. The number of rotatable bonds is 4. The van der Waals surface area contributed by atoms with Crippen molar-refractivity contribution in [3.05, 3.63) is 36.5 Å². The molecule has 3 aromatic rings. The van der Waals surface area contributed by atoms with Gasteiger partial charge in [-0.3, -0.25) is 4.68 Å². The van der Waals surface area contributed by atoms with E-state index in [-0.39, 0.29) is 0 Å². The summed E-state index contributed by atoms with van der Waals surface area (Å²) in [6.45, 7) is 0.928. The van der Waals surface area contributed by atoms with Gasteiger partial charge in [0.15, 0.2) is 12.0 Å². The molecule has 5 heteroatoms. The van der Waals surface area contributed by atoms with Gasteiger partial charge in [-0.05, 0) is 24.7 Å². The van der Waals surface area contributed by atoms with Crippen LogP contribution in [-0.4, -0.2) is 28.4 Å². The molecule has 5 nitrogen and oxygen atoms in total. The molecule has 0 aliphatic carbocycles. The second-order valence-electron chi connectivity index (χ2n) is 4.52. The molecule has 0 saturated carbocycles. The Bertz CT molecular complexity index is 698. The van der Waals surface area contributed by atoms with Crippen molar-refractivity contribution < 1.29 is 4.42 Å². The smallest absolute Gasteiger partial charge is 0.181 e. The molecule has 0 radical (unpaired) electrons. The number of hydrogen-bond donors (Lipinski definition) is 1. The number of nitrogens with one attached hydrogen (secondary N) is 1. The van der Waals surface area contributed by atoms with Gasteiger partial charge in [0.2, 0.25) is 0 Å². The summed E-state index contributed by atoms with van der Waals surface area (Å²) in [6.07, 6.45) is 4.32. The number of benzene rings is 1. The Hall–Kier alpha value is -2.14. The van der Waals surface area contributed by atoms with E-state index in [9.17, 15) is 0 Å². The molecule has 2 aromatic heterocycles. The van der Waals surface area contributed by atoms with E-state index >= 15 is 0 Å². The van der Waals surface area contributed by atoms with Gasteiger partial charge in [-0.15, -0.1) is 0 Å². The Morgan fingerprint density at radius 3 is 3.11 bits per heavy atom. The van der Waals surface area contributed by atoms with Gasteiger partial charge in [0.05, 0.1) is 6.20 Å². The lowest BCUT2D eigenvalue weighted by Gasteiger charge is -2.06. The van der Waals surface area contributed by atoms with Crippen LogP contribution in [0.25, 0.3) is 22.2 Å². The number of hydrogen-bond acceptors (Lipinski definition) is 4. The largest absolute Gasteiger partial charge is 0.443 e. The molecule has 2 heterocycles. The number of aromatic nitrogens is 3. The zero-order chi connectivity index (χ0) is 13.2. The topological polar surface area (TPSA) is 55.9 Å². The molecular weight excluding hydrogens is 240 g/mol. The molecule has 1 N–H and O–H groups in total. The van der Waals surface area contributed by atoms with Crippen molar-refractivity contribution in [1.82, 2.24) is 20.1 Å². The minimum absolute atomic E-state index is 0.806. The van der Waals surface area contributed by atoms with Crippen molar-refractivity contribution in [2.75, 3.05) is 13.6 Å². The summed E-state index contributed by atoms with van der Waals surface area (Å²) in [7, 11) is 3.93. The van der Waals surface area contributed by atoms with Crippen molar-refractivity contribution >= 4 is 11.1 Å². The van der Waals surface area contributed by atoms with Crippen LogP contribution in [0, 0.1) is 0 Å². The highest BCUT2D eigenvalue weighted by Crippen LogP contribution is 2.26. The quantitative estimate of drug-likeness (QED) is 0.775. The van der Waals surface area contributed by atoms with Gasteiger partial charge in [-0.25, -0.2) is 4.98 Å². The fourth-order valence-corrected chi connectivity index (χ4v) is 2.27. The fraction of sp³-hybridized carbons (Fsp3) is 0.286. The maximum atomic E-state index is 5.36. The molecule has 0 amide bonds. The number of fused-ring (bicyclic) bond motifs is 1. The predicted octanol–water partition coefficient (Wildman–Crippen LogP) is 1.99. The fourth-order valence-electron chi connectivity index (χ4n) is 2.27. The third-order valence-corrected chi connectivity index (χ3v) is 3.32. The minimum atomic E-state index is 0.806. The minimum Gasteiger partial charge on any atom is -0.443 e.